The number of nitrogens with zero attached hydrogens (tertiary/aromatic N) is 2. The van der Waals surface area contributed by atoms with Crippen LogP contribution in [-0.4, -0.2) is 27.2 Å². The lowest BCUT2D eigenvalue weighted by molar-refractivity contribution is -0.144. The maximum absolute atomic E-state index is 11.8. The van der Waals surface area contributed by atoms with Crippen molar-refractivity contribution in [3.05, 3.63) is 35.2 Å². The molecule has 0 radical (unpaired) electrons. The van der Waals surface area contributed by atoms with Gasteiger partial charge in [-0.2, -0.15) is 0 Å². The first-order valence-corrected chi connectivity index (χ1v) is 8.01. The lowest BCUT2D eigenvalue weighted by Crippen LogP contribution is -2.17. The third kappa shape index (κ3) is 3.57. The van der Waals surface area contributed by atoms with Gasteiger partial charge in [0.1, 0.15) is 5.25 Å². The molecule has 0 bridgehead atoms. The van der Waals surface area contributed by atoms with Crippen LogP contribution < -0.4 is 0 Å². The average Bonchev–Trinajstić information content (AvgIpc) is 3.17. The van der Waals surface area contributed by atoms with E-state index in [1.807, 2.05) is 0 Å². The van der Waals surface area contributed by atoms with Gasteiger partial charge in [0, 0.05) is 10.6 Å². The molecule has 1 saturated heterocycles. The number of ether oxygens (including phenoxy) is 1. The van der Waals surface area contributed by atoms with Crippen molar-refractivity contribution in [2.75, 3.05) is 5.75 Å². The zero-order valence-electron chi connectivity index (χ0n) is 11.1. The zero-order chi connectivity index (χ0) is 14.7. The number of thioether (sulfide) groups is 1. The lowest BCUT2D eigenvalue weighted by Gasteiger charge is -2.06. The highest BCUT2D eigenvalue weighted by Crippen LogP contribution is 2.27. The first kappa shape index (κ1) is 14.4. The second kappa shape index (κ2) is 6.49. The number of hydrogen-bond acceptors (Lipinski definition) is 6. The molecule has 0 spiro atoms. The summed E-state index contributed by atoms with van der Waals surface area (Å²) in [4.78, 5) is 11.8. The molecule has 1 fully saturated rings. The summed E-state index contributed by atoms with van der Waals surface area (Å²) in [5.41, 5.74) is 0.774. The molecule has 1 aromatic carbocycles. The Morgan fingerprint density at radius 1 is 1.38 bits per heavy atom. The van der Waals surface area contributed by atoms with Gasteiger partial charge in [-0.25, -0.2) is 0 Å². The van der Waals surface area contributed by atoms with Crippen LogP contribution in [0.3, 0.4) is 0 Å². The van der Waals surface area contributed by atoms with Gasteiger partial charge in [0.25, 0.3) is 5.89 Å². The molecule has 0 aliphatic carbocycles. The fourth-order valence-electron chi connectivity index (χ4n) is 2.01. The first-order chi connectivity index (χ1) is 10.2. The van der Waals surface area contributed by atoms with Crippen LogP contribution in [0.4, 0.5) is 0 Å². The summed E-state index contributed by atoms with van der Waals surface area (Å²) in [6.07, 6.45) is 1.94. The van der Waals surface area contributed by atoms with E-state index < -0.39 is 0 Å². The normalized spacial score (nSPS) is 17.9. The molecule has 0 saturated carbocycles. The number of carbonyl (C=O) groups is 1. The van der Waals surface area contributed by atoms with E-state index in [2.05, 4.69) is 10.2 Å². The summed E-state index contributed by atoms with van der Waals surface area (Å²) >= 11 is 7.46. The summed E-state index contributed by atoms with van der Waals surface area (Å²) in [7, 11) is 0. The van der Waals surface area contributed by atoms with Crippen LogP contribution in [0, 0.1) is 0 Å². The Balaban J connectivity index is 1.60. The van der Waals surface area contributed by atoms with Gasteiger partial charge in [-0.3, -0.25) is 4.79 Å². The summed E-state index contributed by atoms with van der Waals surface area (Å²) < 4.78 is 10.7. The highest BCUT2D eigenvalue weighted by Gasteiger charge is 2.25. The molecule has 1 aliphatic rings. The summed E-state index contributed by atoms with van der Waals surface area (Å²) in [6, 6.07) is 7.08. The zero-order valence-corrected chi connectivity index (χ0v) is 12.7. The third-order valence-corrected chi connectivity index (χ3v) is 4.70. The second-order valence-electron chi connectivity index (χ2n) is 4.62. The van der Waals surface area contributed by atoms with Crippen molar-refractivity contribution < 1.29 is 13.9 Å². The predicted molar refractivity (Wildman–Crippen MR) is 80.0 cm³/mol. The van der Waals surface area contributed by atoms with Crippen molar-refractivity contribution in [1.82, 2.24) is 10.2 Å². The molecule has 3 rings (SSSR count). The topological polar surface area (TPSA) is 65.2 Å². The van der Waals surface area contributed by atoms with E-state index in [9.17, 15) is 4.79 Å². The van der Waals surface area contributed by atoms with Crippen molar-refractivity contribution >= 4 is 29.3 Å². The van der Waals surface area contributed by atoms with Gasteiger partial charge in [0.2, 0.25) is 5.89 Å². The first-order valence-electron chi connectivity index (χ1n) is 6.59. The molecule has 0 amide bonds. The molecule has 2 aromatic rings. The minimum Gasteiger partial charge on any atom is -0.455 e. The molecular formula is C14H13ClN2O3S. The van der Waals surface area contributed by atoms with Crippen LogP contribution in [0.15, 0.2) is 28.7 Å². The average molecular weight is 325 g/mol. The molecule has 0 unspecified atom stereocenters. The SMILES string of the molecule is O=C(OCc1nnc(-c2ccc(Cl)cc2)o1)[C@@H]1CCCS1. The highest BCUT2D eigenvalue weighted by atomic mass is 35.5. The van der Waals surface area contributed by atoms with Crippen molar-refractivity contribution in [3.63, 3.8) is 0 Å². The molecule has 1 aromatic heterocycles. The number of halogens is 1. The molecule has 0 N–H and O–H groups in total. The molecular weight excluding hydrogens is 312 g/mol. The lowest BCUT2D eigenvalue weighted by atomic mass is 10.2. The maximum Gasteiger partial charge on any atom is 0.319 e. The predicted octanol–water partition coefficient (Wildman–Crippen LogP) is 3.33. The van der Waals surface area contributed by atoms with Gasteiger partial charge in [-0.15, -0.1) is 22.0 Å². The molecule has 2 heterocycles. The molecule has 1 atom stereocenters. The fourth-order valence-corrected chi connectivity index (χ4v) is 3.29. The Morgan fingerprint density at radius 2 is 2.19 bits per heavy atom. The van der Waals surface area contributed by atoms with Crippen LogP contribution in [0.5, 0.6) is 0 Å². The molecule has 7 heteroatoms. The molecule has 5 nitrogen and oxygen atoms in total. The van der Waals surface area contributed by atoms with Gasteiger partial charge in [0.15, 0.2) is 6.61 Å². The Morgan fingerprint density at radius 3 is 2.90 bits per heavy atom. The van der Waals surface area contributed by atoms with Crippen LogP contribution in [0.2, 0.25) is 5.02 Å². The quantitative estimate of drug-likeness (QED) is 0.804. The van der Waals surface area contributed by atoms with Gasteiger partial charge in [-0.05, 0) is 42.9 Å². The van der Waals surface area contributed by atoms with E-state index in [-0.39, 0.29) is 23.7 Å². The molecule has 110 valence electrons. The molecule has 21 heavy (non-hydrogen) atoms. The van der Waals surface area contributed by atoms with Gasteiger partial charge < -0.3 is 9.15 Å². The van der Waals surface area contributed by atoms with Crippen molar-refractivity contribution in [2.24, 2.45) is 0 Å². The Bertz CT molecular complexity index is 623. The van der Waals surface area contributed by atoms with E-state index in [4.69, 9.17) is 20.8 Å². The molecule has 1 aliphatic heterocycles. The Kier molecular flexibility index (Phi) is 4.45. The fraction of sp³-hybridized carbons (Fsp3) is 0.357. The van der Waals surface area contributed by atoms with E-state index >= 15 is 0 Å². The number of carbonyl (C=O) groups excluding carboxylic acids is 1. The minimum absolute atomic E-state index is 0.0104. The van der Waals surface area contributed by atoms with Crippen molar-refractivity contribution in [1.29, 1.82) is 0 Å². The number of benzene rings is 1. The number of aromatic nitrogens is 2. The van der Waals surface area contributed by atoms with E-state index in [0.717, 1.165) is 24.2 Å². The summed E-state index contributed by atoms with van der Waals surface area (Å²) in [5.74, 6) is 1.48. The maximum atomic E-state index is 11.8. The van der Waals surface area contributed by atoms with Crippen LogP contribution in [-0.2, 0) is 16.1 Å². The number of hydrogen-bond donors (Lipinski definition) is 0. The monoisotopic (exact) mass is 324 g/mol. The van der Waals surface area contributed by atoms with Crippen molar-refractivity contribution in [2.45, 2.75) is 24.7 Å². The van der Waals surface area contributed by atoms with Crippen LogP contribution in [0.25, 0.3) is 11.5 Å². The Labute approximate surface area is 131 Å². The summed E-state index contributed by atoms with van der Waals surface area (Å²) in [5, 5.41) is 8.40. The van der Waals surface area contributed by atoms with Crippen LogP contribution in [0.1, 0.15) is 18.7 Å². The highest BCUT2D eigenvalue weighted by molar-refractivity contribution is 8.00. The minimum atomic E-state index is -0.205. The van der Waals surface area contributed by atoms with Crippen molar-refractivity contribution in [3.8, 4) is 11.5 Å². The van der Waals surface area contributed by atoms with Gasteiger partial charge in [-0.1, -0.05) is 11.6 Å². The number of esters is 1. The number of rotatable bonds is 4. The standard InChI is InChI=1S/C14H13ClN2O3S/c15-10-5-3-9(4-6-10)13-17-16-12(20-13)8-19-14(18)11-2-1-7-21-11/h3-6,11H,1-2,7-8H2/t11-/m0/s1. The van der Waals surface area contributed by atoms with E-state index in [0.29, 0.717) is 10.9 Å². The third-order valence-electron chi connectivity index (χ3n) is 3.09. The van der Waals surface area contributed by atoms with Gasteiger partial charge in [0.05, 0.1) is 0 Å². The van der Waals surface area contributed by atoms with Gasteiger partial charge >= 0.3 is 5.97 Å². The second-order valence-corrected chi connectivity index (χ2v) is 6.36. The smallest absolute Gasteiger partial charge is 0.319 e. The van der Waals surface area contributed by atoms with E-state index in [1.165, 1.54) is 0 Å². The largest absolute Gasteiger partial charge is 0.455 e. The summed E-state index contributed by atoms with van der Waals surface area (Å²) in [6.45, 7) is 0.0104. The Hall–Kier alpha value is -1.53. The van der Waals surface area contributed by atoms with Crippen LogP contribution >= 0.6 is 23.4 Å². The van der Waals surface area contributed by atoms with E-state index in [1.54, 1.807) is 36.0 Å².